The van der Waals surface area contributed by atoms with Gasteiger partial charge in [0.15, 0.2) is 0 Å². The van der Waals surface area contributed by atoms with Gasteiger partial charge < -0.3 is 20.7 Å². The summed E-state index contributed by atoms with van der Waals surface area (Å²) in [6, 6.07) is 46.7. The molecule has 0 aliphatic rings. The van der Waals surface area contributed by atoms with Crippen LogP contribution in [0.15, 0.2) is 162 Å². The molecule has 7 nitrogen and oxygen atoms in total. The second kappa shape index (κ2) is 16.3. The summed E-state index contributed by atoms with van der Waals surface area (Å²) in [7, 11) is 0. The summed E-state index contributed by atoms with van der Waals surface area (Å²) in [5, 5.41) is 10.4. The molecule has 50 heavy (non-hydrogen) atoms. The summed E-state index contributed by atoms with van der Waals surface area (Å²) in [6.07, 6.45) is 1.62. The molecule has 0 aliphatic carbocycles. The zero-order valence-electron chi connectivity index (χ0n) is 27.3. The van der Waals surface area contributed by atoms with Crippen molar-refractivity contribution in [3.63, 3.8) is 0 Å². The highest BCUT2D eigenvalue weighted by Crippen LogP contribution is 2.37. The number of carbonyl (C=O) groups excluding carboxylic acids is 3. The number of ether oxygens (including phenoxy) is 1. The Labute approximate surface area is 295 Å². The van der Waals surface area contributed by atoms with E-state index in [2.05, 4.69) is 16.0 Å². The normalized spacial score (nSPS) is 11.7. The minimum atomic E-state index is -0.575. The molecule has 8 heteroatoms. The van der Waals surface area contributed by atoms with Crippen molar-refractivity contribution in [1.29, 1.82) is 0 Å². The van der Waals surface area contributed by atoms with Crippen LogP contribution in [0, 0.1) is 0 Å². The van der Waals surface area contributed by atoms with Crippen LogP contribution in [0.3, 0.4) is 0 Å². The number of carbonyl (C=O) groups is 3. The van der Waals surface area contributed by atoms with E-state index in [0.29, 0.717) is 34.9 Å². The van der Waals surface area contributed by atoms with Gasteiger partial charge in [-0.1, -0.05) is 97.1 Å². The molecular weight excluding hydrogens is 643 g/mol. The highest BCUT2D eigenvalue weighted by atomic mass is 32.2. The molecule has 6 aromatic rings. The minimum absolute atomic E-state index is 0.0676. The molecule has 0 aliphatic heterocycles. The van der Waals surface area contributed by atoms with E-state index in [9.17, 15) is 14.4 Å². The number of anilines is 2. The third kappa shape index (κ3) is 8.86. The van der Waals surface area contributed by atoms with Crippen LogP contribution in [0.25, 0.3) is 16.8 Å². The second-order valence-corrected chi connectivity index (χ2v) is 12.5. The van der Waals surface area contributed by atoms with Crippen LogP contribution >= 0.6 is 11.8 Å². The van der Waals surface area contributed by atoms with Crippen molar-refractivity contribution in [3.05, 3.63) is 174 Å². The first-order valence-electron chi connectivity index (χ1n) is 16.2. The van der Waals surface area contributed by atoms with Gasteiger partial charge in [-0.3, -0.25) is 14.4 Å². The van der Waals surface area contributed by atoms with Gasteiger partial charge in [0.2, 0.25) is 5.91 Å². The molecule has 1 unspecified atom stereocenters. The molecule has 0 radical (unpaired) electrons. The molecule has 0 saturated heterocycles. The predicted molar refractivity (Wildman–Crippen MR) is 202 cm³/mol. The van der Waals surface area contributed by atoms with Crippen LogP contribution < -0.4 is 20.7 Å². The van der Waals surface area contributed by atoms with Gasteiger partial charge in [-0.25, -0.2) is 0 Å². The van der Waals surface area contributed by atoms with Crippen LogP contribution in [-0.4, -0.2) is 24.3 Å². The summed E-state index contributed by atoms with van der Waals surface area (Å²) in [6.45, 7) is 2.44. The van der Waals surface area contributed by atoms with E-state index in [0.717, 1.165) is 21.2 Å². The number of benzene rings is 6. The second-order valence-electron chi connectivity index (χ2n) is 11.3. The molecule has 0 spiro atoms. The van der Waals surface area contributed by atoms with E-state index in [1.165, 1.54) is 11.8 Å². The maximum atomic E-state index is 13.8. The van der Waals surface area contributed by atoms with Crippen molar-refractivity contribution >= 4 is 57.7 Å². The number of fused-ring (bicyclic) bond motifs is 1. The SMILES string of the molecule is CCOc1ccc(/C=C(/NC(=O)c2ccccc2)C(=O)Nc2cccc(SC(C(=O)Nc3ccc4ccccc4c3)c3ccccc3)c2)cc1. The first-order chi connectivity index (χ1) is 24.4. The molecule has 6 aromatic carbocycles. The topological polar surface area (TPSA) is 96.5 Å². The van der Waals surface area contributed by atoms with Crippen molar-refractivity contribution in [2.24, 2.45) is 0 Å². The summed E-state index contributed by atoms with van der Waals surface area (Å²) >= 11 is 1.38. The van der Waals surface area contributed by atoms with Crippen molar-refractivity contribution in [2.45, 2.75) is 17.1 Å². The average Bonchev–Trinajstić information content (AvgIpc) is 3.15. The summed E-state index contributed by atoms with van der Waals surface area (Å²) in [5.74, 6) is -0.377. The van der Waals surface area contributed by atoms with Gasteiger partial charge in [-0.15, -0.1) is 11.8 Å². The first kappa shape index (κ1) is 33.8. The highest BCUT2D eigenvalue weighted by molar-refractivity contribution is 8.00. The number of hydrogen-bond donors (Lipinski definition) is 3. The van der Waals surface area contributed by atoms with Gasteiger partial charge in [-0.05, 0) is 89.5 Å². The van der Waals surface area contributed by atoms with Crippen molar-refractivity contribution < 1.29 is 19.1 Å². The molecule has 0 bridgehead atoms. The third-order valence-corrected chi connectivity index (χ3v) is 8.98. The third-order valence-electron chi connectivity index (χ3n) is 7.73. The Morgan fingerprint density at radius 2 is 1.36 bits per heavy atom. The zero-order chi connectivity index (χ0) is 34.7. The molecule has 248 valence electrons. The lowest BCUT2D eigenvalue weighted by Gasteiger charge is -2.18. The first-order valence-corrected chi connectivity index (χ1v) is 17.1. The van der Waals surface area contributed by atoms with Gasteiger partial charge in [0.1, 0.15) is 16.7 Å². The van der Waals surface area contributed by atoms with Crippen LogP contribution in [0.2, 0.25) is 0 Å². The van der Waals surface area contributed by atoms with Crippen molar-refractivity contribution in [2.75, 3.05) is 17.2 Å². The smallest absolute Gasteiger partial charge is 0.272 e. The Morgan fingerprint density at radius 1 is 0.680 bits per heavy atom. The maximum Gasteiger partial charge on any atom is 0.272 e. The van der Waals surface area contributed by atoms with E-state index >= 15 is 0 Å². The van der Waals surface area contributed by atoms with E-state index < -0.39 is 17.1 Å². The number of nitrogens with one attached hydrogen (secondary N) is 3. The minimum Gasteiger partial charge on any atom is -0.494 e. The fourth-order valence-electron chi connectivity index (χ4n) is 5.29. The molecule has 6 rings (SSSR count). The summed E-state index contributed by atoms with van der Waals surface area (Å²) in [5.41, 5.74) is 3.26. The summed E-state index contributed by atoms with van der Waals surface area (Å²) < 4.78 is 5.54. The van der Waals surface area contributed by atoms with E-state index in [1.807, 2.05) is 128 Å². The largest absolute Gasteiger partial charge is 0.494 e. The van der Waals surface area contributed by atoms with Gasteiger partial charge in [0, 0.05) is 21.8 Å². The van der Waals surface area contributed by atoms with Crippen LogP contribution in [-0.2, 0) is 9.59 Å². The van der Waals surface area contributed by atoms with E-state index in [4.69, 9.17) is 4.74 Å². The molecule has 0 saturated carbocycles. The fraction of sp³-hybridized carbons (Fsp3) is 0.0714. The molecule has 0 heterocycles. The highest BCUT2D eigenvalue weighted by Gasteiger charge is 2.23. The number of rotatable bonds is 12. The summed E-state index contributed by atoms with van der Waals surface area (Å²) in [4.78, 5) is 41.4. The van der Waals surface area contributed by atoms with E-state index in [1.54, 1.807) is 36.4 Å². The van der Waals surface area contributed by atoms with Gasteiger partial charge in [0.05, 0.1) is 6.61 Å². The quantitative estimate of drug-likeness (QED) is 0.0887. The van der Waals surface area contributed by atoms with Crippen LogP contribution in [0.1, 0.15) is 33.7 Å². The lowest BCUT2D eigenvalue weighted by molar-refractivity contribution is -0.116. The Bertz CT molecular complexity index is 2130. The number of hydrogen-bond acceptors (Lipinski definition) is 5. The van der Waals surface area contributed by atoms with Gasteiger partial charge >= 0.3 is 0 Å². The molecule has 3 N–H and O–H groups in total. The van der Waals surface area contributed by atoms with Crippen molar-refractivity contribution in [3.8, 4) is 5.75 Å². The monoisotopic (exact) mass is 677 g/mol. The number of thioether (sulfide) groups is 1. The Kier molecular flexibility index (Phi) is 11.0. The maximum absolute atomic E-state index is 13.8. The molecular formula is C42H35N3O4S. The van der Waals surface area contributed by atoms with Crippen LogP contribution in [0.4, 0.5) is 11.4 Å². The molecule has 3 amide bonds. The lowest BCUT2D eigenvalue weighted by Crippen LogP contribution is -2.30. The molecule has 0 fully saturated rings. The van der Waals surface area contributed by atoms with E-state index in [-0.39, 0.29) is 11.6 Å². The van der Waals surface area contributed by atoms with Crippen LogP contribution in [0.5, 0.6) is 5.75 Å². The molecule has 1 atom stereocenters. The predicted octanol–water partition coefficient (Wildman–Crippen LogP) is 9.12. The fourth-order valence-corrected chi connectivity index (χ4v) is 6.38. The van der Waals surface area contributed by atoms with Gasteiger partial charge in [0.25, 0.3) is 11.8 Å². The number of amides is 3. The Hall–Kier alpha value is -6.12. The molecule has 0 aromatic heterocycles. The average molecular weight is 678 g/mol. The Morgan fingerprint density at radius 3 is 2.10 bits per heavy atom. The standard InChI is InChI=1S/C42H35N3O4S/c1-2-49-36-24-20-29(21-25-36)26-38(45-40(46)32-15-7-4-8-16-32)41(47)43-34-18-11-19-37(28-34)50-39(31-13-5-3-6-14-31)42(48)44-35-23-22-30-12-9-10-17-33(30)27-35/h3-28,39H,2H2,1H3,(H,43,47)(H,44,48)(H,45,46)/b38-26+. The zero-order valence-corrected chi connectivity index (χ0v) is 28.2. The Balaban J connectivity index is 1.22. The van der Waals surface area contributed by atoms with Gasteiger partial charge in [-0.2, -0.15) is 0 Å². The lowest BCUT2D eigenvalue weighted by atomic mass is 10.1. The van der Waals surface area contributed by atoms with Crippen molar-refractivity contribution in [1.82, 2.24) is 5.32 Å².